The van der Waals surface area contributed by atoms with Gasteiger partial charge in [-0.3, -0.25) is 0 Å². The molecule has 0 radical (unpaired) electrons. The third-order valence-corrected chi connectivity index (χ3v) is 13.2. The van der Waals surface area contributed by atoms with Crippen molar-refractivity contribution in [1.82, 2.24) is 0 Å². The fourth-order valence-corrected chi connectivity index (χ4v) is 10.3. The Morgan fingerprint density at radius 1 is 0.242 bits per heavy atom. The van der Waals surface area contributed by atoms with E-state index in [1.165, 1.54) is 99.9 Å². The number of hydrogen-bond acceptors (Lipinski definition) is 2. The Labute approximate surface area is 363 Å². The summed E-state index contributed by atoms with van der Waals surface area (Å²) in [7, 11) is 0. The van der Waals surface area contributed by atoms with E-state index in [-0.39, 0.29) is 0 Å². The number of fused-ring (bicyclic) bond motifs is 6. The van der Waals surface area contributed by atoms with Crippen LogP contribution in [-0.4, -0.2) is 0 Å². The van der Waals surface area contributed by atoms with Crippen LogP contribution in [0.2, 0.25) is 0 Å². The lowest BCUT2D eigenvalue weighted by Gasteiger charge is -2.29. The molecule has 62 heavy (non-hydrogen) atoms. The van der Waals surface area contributed by atoms with E-state index in [0.29, 0.717) is 0 Å². The van der Waals surface area contributed by atoms with Crippen molar-refractivity contribution in [2.45, 2.75) is 25.7 Å². The smallest absolute Gasteiger partial charge is 0.0493 e. The van der Waals surface area contributed by atoms with Crippen LogP contribution in [0.1, 0.15) is 22.3 Å². The highest BCUT2D eigenvalue weighted by atomic mass is 15.2. The zero-order valence-electron chi connectivity index (χ0n) is 34.5. The number of aryl methyl sites for hydroxylation is 4. The van der Waals surface area contributed by atoms with Crippen molar-refractivity contribution in [3.05, 3.63) is 241 Å². The van der Waals surface area contributed by atoms with Gasteiger partial charge in [-0.15, -0.1) is 0 Å². The molecule has 0 bridgehead atoms. The first-order chi connectivity index (χ1) is 30.8. The SMILES string of the molecule is c1ccc(-c2ccc(-c3c4ccc(N5c6ccccc6CCc6ccccc65)cc4c(-c4ccccc4)c4ccc(N5c6ccccc6CCc6ccccc65)cc34)cc2)cc1. The first-order valence-electron chi connectivity index (χ1n) is 21.9. The molecule has 0 saturated heterocycles. The second-order valence-corrected chi connectivity index (χ2v) is 16.7. The summed E-state index contributed by atoms with van der Waals surface area (Å²) in [5.41, 5.74) is 20.1. The standard InChI is InChI=1S/C60H44N2/c1-3-15-41(16-4-1)42-27-33-48(34-28-42)60-52-38-36-49(61-55-23-11-7-17-43(55)29-30-44-18-8-12-24-56(44)61)39-53(52)59(47-21-5-2-6-22-47)51-37-35-50(40-54(51)60)62-57-25-13-9-19-45(57)31-32-46-20-10-14-26-58(46)62/h1-28,33-40H,29-32H2. The molecule has 0 spiro atoms. The highest BCUT2D eigenvalue weighted by Gasteiger charge is 2.26. The Morgan fingerprint density at radius 3 is 0.952 bits per heavy atom. The van der Waals surface area contributed by atoms with Crippen molar-refractivity contribution in [2.24, 2.45) is 0 Å². The first kappa shape index (κ1) is 36.2. The fraction of sp³-hybridized carbons (Fsp3) is 0.0667. The number of nitrogens with zero attached hydrogens (tertiary/aromatic N) is 2. The maximum atomic E-state index is 2.50. The maximum absolute atomic E-state index is 2.50. The summed E-state index contributed by atoms with van der Waals surface area (Å²) in [6.07, 6.45) is 4.03. The molecular weight excluding hydrogens is 749 g/mol. The van der Waals surface area contributed by atoms with E-state index in [1.807, 2.05) is 0 Å². The molecule has 10 aromatic carbocycles. The molecule has 2 heteroatoms. The molecule has 2 heterocycles. The van der Waals surface area contributed by atoms with E-state index in [1.54, 1.807) is 0 Å². The molecule has 0 aliphatic carbocycles. The van der Waals surface area contributed by atoms with Crippen molar-refractivity contribution in [1.29, 1.82) is 0 Å². The van der Waals surface area contributed by atoms with E-state index in [0.717, 1.165) is 37.1 Å². The van der Waals surface area contributed by atoms with E-state index in [4.69, 9.17) is 0 Å². The minimum atomic E-state index is 1.01. The van der Waals surface area contributed by atoms with Gasteiger partial charge >= 0.3 is 0 Å². The molecule has 0 atom stereocenters. The highest BCUT2D eigenvalue weighted by molar-refractivity contribution is 6.22. The van der Waals surface area contributed by atoms with Crippen molar-refractivity contribution < 1.29 is 0 Å². The molecule has 0 N–H and O–H groups in total. The molecule has 0 saturated carbocycles. The Kier molecular flexibility index (Phi) is 8.81. The molecule has 2 nitrogen and oxygen atoms in total. The van der Waals surface area contributed by atoms with E-state index < -0.39 is 0 Å². The largest absolute Gasteiger partial charge is 0.310 e. The summed E-state index contributed by atoms with van der Waals surface area (Å²) in [6, 6.07) is 81.2. The summed E-state index contributed by atoms with van der Waals surface area (Å²) in [5.74, 6) is 0. The molecule has 294 valence electrons. The predicted octanol–water partition coefficient (Wildman–Crippen LogP) is 16.1. The van der Waals surface area contributed by atoms with Gasteiger partial charge < -0.3 is 9.80 Å². The van der Waals surface area contributed by atoms with Crippen molar-refractivity contribution in [3.63, 3.8) is 0 Å². The van der Waals surface area contributed by atoms with Crippen LogP contribution in [0.3, 0.4) is 0 Å². The Bertz CT molecular complexity index is 3200. The summed E-state index contributed by atoms with van der Waals surface area (Å²) in [6.45, 7) is 0. The summed E-state index contributed by atoms with van der Waals surface area (Å²) in [4.78, 5) is 5.00. The fourth-order valence-electron chi connectivity index (χ4n) is 10.3. The van der Waals surface area contributed by atoms with Gasteiger partial charge in [-0.25, -0.2) is 0 Å². The summed E-state index contributed by atoms with van der Waals surface area (Å²) in [5, 5.41) is 4.94. The average molecular weight is 793 g/mol. The maximum Gasteiger partial charge on any atom is 0.0493 e. The Morgan fingerprint density at radius 2 is 0.548 bits per heavy atom. The number of anilines is 6. The normalized spacial score (nSPS) is 13.2. The molecule has 12 rings (SSSR count). The lowest BCUT2D eigenvalue weighted by atomic mass is 9.85. The van der Waals surface area contributed by atoms with Crippen molar-refractivity contribution in [3.8, 4) is 33.4 Å². The molecule has 0 fully saturated rings. The Hall–Kier alpha value is -7.68. The number of rotatable bonds is 5. The molecular formula is C60H44N2. The molecule has 0 unspecified atom stereocenters. The Balaban J connectivity index is 1.16. The monoisotopic (exact) mass is 792 g/mol. The van der Waals surface area contributed by atoms with Gasteiger partial charge in [-0.05, 0) is 151 Å². The molecule has 0 aromatic heterocycles. The van der Waals surface area contributed by atoms with Crippen molar-refractivity contribution in [2.75, 3.05) is 9.80 Å². The average Bonchev–Trinajstić information content (AvgIpc) is 3.62. The minimum Gasteiger partial charge on any atom is -0.310 e. The zero-order valence-corrected chi connectivity index (χ0v) is 34.5. The van der Waals surface area contributed by atoms with E-state index in [2.05, 4.69) is 228 Å². The lowest BCUT2D eigenvalue weighted by molar-refractivity contribution is 0.977. The number of hydrogen-bond donors (Lipinski definition) is 0. The van der Waals surface area contributed by atoms with Gasteiger partial charge in [-0.2, -0.15) is 0 Å². The van der Waals surface area contributed by atoms with Crippen LogP contribution in [0.4, 0.5) is 34.1 Å². The molecule has 10 aromatic rings. The molecule has 2 aliphatic rings. The number of para-hydroxylation sites is 4. The number of benzene rings is 10. The quantitative estimate of drug-likeness (QED) is 0.160. The van der Waals surface area contributed by atoms with Gasteiger partial charge in [0, 0.05) is 34.1 Å². The highest BCUT2D eigenvalue weighted by Crippen LogP contribution is 2.50. The van der Waals surface area contributed by atoms with Crippen LogP contribution >= 0.6 is 0 Å². The minimum absolute atomic E-state index is 1.01. The third kappa shape index (κ3) is 6.10. The summed E-state index contributed by atoms with van der Waals surface area (Å²) < 4.78 is 0. The van der Waals surface area contributed by atoms with Gasteiger partial charge in [0.25, 0.3) is 0 Å². The second kappa shape index (κ2) is 15.1. The molecule has 2 aliphatic heterocycles. The van der Waals surface area contributed by atoms with E-state index in [9.17, 15) is 0 Å². The van der Waals surface area contributed by atoms with Crippen LogP contribution in [0.15, 0.2) is 218 Å². The summed E-state index contributed by atoms with van der Waals surface area (Å²) >= 11 is 0. The topological polar surface area (TPSA) is 6.48 Å². The van der Waals surface area contributed by atoms with Crippen LogP contribution in [-0.2, 0) is 25.7 Å². The first-order valence-corrected chi connectivity index (χ1v) is 21.9. The van der Waals surface area contributed by atoms with Crippen LogP contribution in [0.5, 0.6) is 0 Å². The van der Waals surface area contributed by atoms with Crippen LogP contribution in [0.25, 0.3) is 54.9 Å². The predicted molar refractivity (Wildman–Crippen MR) is 262 cm³/mol. The second-order valence-electron chi connectivity index (χ2n) is 16.7. The van der Waals surface area contributed by atoms with Crippen molar-refractivity contribution >= 4 is 55.7 Å². The zero-order chi connectivity index (χ0) is 41.0. The van der Waals surface area contributed by atoms with Gasteiger partial charge in [0.15, 0.2) is 0 Å². The van der Waals surface area contributed by atoms with Crippen LogP contribution < -0.4 is 9.80 Å². The van der Waals surface area contributed by atoms with Gasteiger partial charge in [0.1, 0.15) is 0 Å². The molecule has 0 amide bonds. The van der Waals surface area contributed by atoms with E-state index >= 15 is 0 Å². The third-order valence-electron chi connectivity index (χ3n) is 13.2. The van der Waals surface area contributed by atoms with Gasteiger partial charge in [0.05, 0.1) is 0 Å². The van der Waals surface area contributed by atoms with Gasteiger partial charge in [0.2, 0.25) is 0 Å². The van der Waals surface area contributed by atoms with Gasteiger partial charge in [-0.1, -0.05) is 170 Å². The lowest BCUT2D eigenvalue weighted by Crippen LogP contribution is -2.12. The van der Waals surface area contributed by atoms with Crippen LogP contribution in [0, 0.1) is 0 Å².